The Hall–Kier alpha value is -1.09. The molecule has 1 saturated heterocycles. The minimum atomic E-state index is 0.395. The average Bonchev–Trinajstić information content (AvgIpc) is 2.63. The Kier molecular flexibility index (Phi) is 2.91. The Morgan fingerprint density at radius 2 is 2.40 bits per heavy atom. The third kappa shape index (κ3) is 2.29. The average molecular weight is 205 g/mol. The van der Waals surface area contributed by atoms with Gasteiger partial charge in [0.05, 0.1) is 0 Å². The lowest BCUT2D eigenvalue weighted by Crippen LogP contribution is -2.33. The van der Waals surface area contributed by atoms with E-state index in [0.717, 1.165) is 25.5 Å². The van der Waals surface area contributed by atoms with Crippen molar-refractivity contribution in [1.29, 1.82) is 0 Å². The molecule has 0 amide bonds. The fourth-order valence-electron chi connectivity index (χ4n) is 2.33. The topological polar surface area (TPSA) is 28.2 Å². The Morgan fingerprint density at radius 1 is 1.53 bits per heavy atom. The van der Waals surface area contributed by atoms with Crippen LogP contribution >= 0.6 is 0 Å². The number of nitrogens with zero attached hydrogens (tertiary/aromatic N) is 2. The molecule has 1 aromatic rings. The summed E-state index contributed by atoms with van der Waals surface area (Å²) in [5, 5.41) is 3.28. The molecule has 1 aliphatic rings. The van der Waals surface area contributed by atoms with Crippen LogP contribution < -0.4 is 10.2 Å². The van der Waals surface area contributed by atoms with Crippen LogP contribution in [0.4, 0.5) is 5.82 Å². The second kappa shape index (κ2) is 4.19. The molecule has 0 radical (unpaired) electrons. The zero-order chi connectivity index (χ0) is 10.7. The molecular weight excluding hydrogens is 186 g/mol. The van der Waals surface area contributed by atoms with Gasteiger partial charge in [0.2, 0.25) is 0 Å². The molecule has 82 valence electrons. The zero-order valence-corrected chi connectivity index (χ0v) is 9.53. The Bertz CT molecular complexity index is 312. The molecule has 0 aliphatic carbocycles. The van der Waals surface area contributed by atoms with Crippen LogP contribution in [0, 0.1) is 5.41 Å². The van der Waals surface area contributed by atoms with Crippen molar-refractivity contribution in [2.24, 2.45) is 5.41 Å². The third-order valence-electron chi connectivity index (χ3n) is 3.13. The molecule has 0 spiro atoms. The first-order chi connectivity index (χ1) is 7.23. The summed E-state index contributed by atoms with van der Waals surface area (Å²) in [4.78, 5) is 6.76. The minimum absolute atomic E-state index is 0.395. The van der Waals surface area contributed by atoms with Crippen molar-refractivity contribution >= 4 is 5.82 Å². The van der Waals surface area contributed by atoms with E-state index in [2.05, 4.69) is 34.3 Å². The Balaban J connectivity index is 2.04. The summed E-state index contributed by atoms with van der Waals surface area (Å²) in [6, 6.07) is 6.10. The molecule has 0 bridgehead atoms. The van der Waals surface area contributed by atoms with Gasteiger partial charge < -0.3 is 10.2 Å². The lowest BCUT2D eigenvalue weighted by molar-refractivity contribution is 0.356. The summed E-state index contributed by atoms with van der Waals surface area (Å²) >= 11 is 0. The summed E-state index contributed by atoms with van der Waals surface area (Å²) in [6.45, 7) is 5.64. The number of hydrogen-bond acceptors (Lipinski definition) is 3. The molecule has 1 N–H and O–H groups in total. The van der Waals surface area contributed by atoms with Crippen molar-refractivity contribution < 1.29 is 0 Å². The molecule has 1 aliphatic heterocycles. The van der Waals surface area contributed by atoms with Gasteiger partial charge in [-0.05, 0) is 31.0 Å². The fourth-order valence-corrected chi connectivity index (χ4v) is 2.33. The monoisotopic (exact) mass is 205 g/mol. The number of aromatic nitrogens is 1. The lowest BCUT2D eigenvalue weighted by Gasteiger charge is -2.24. The molecule has 2 heterocycles. The second-order valence-corrected chi connectivity index (χ2v) is 4.70. The number of rotatable bonds is 3. The molecule has 1 fully saturated rings. The summed E-state index contributed by atoms with van der Waals surface area (Å²) in [5.74, 6) is 1.11. The quantitative estimate of drug-likeness (QED) is 0.811. The van der Waals surface area contributed by atoms with Crippen LogP contribution in [0.1, 0.15) is 13.3 Å². The number of nitrogens with one attached hydrogen (secondary N) is 1. The lowest BCUT2D eigenvalue weighted by atomic mass is 9.90. The van der Waals surface area contributed by atoms with E-state index in [1.165, 1.54) is 6.42 Å². The summed E-state index contributed by atoms with van der Waals surface area (Å²) < 4.78 is 0. The van der Waals surface area contributed by atoms with E-state index >= 15 is 0 Å². The van der Waals surface area contributed by atoms with Crippen LogP contribution in [-0.4, -0.2) is 31.7 Å². The van der Waals surface area contributed by atoms with Gasteiger partial charge in [-0.1, -0.05) is 13.0 Å². The van der Waals surface area contributed by atoms with Crippen molar-refractivity contribution in [3.63, 3.8) is 0 Å². The highest BCUT2D eigenvalue weighted by molar-refractivity contribution is 5.39. The Morgan fingerprint density at radius 3 is 3.07 bits per heavy atom. The van der Waals surface area contributed by atoms with Crippen LogP contribution in [0.2, 0.25) is 0 Å². The highest BCUT2D eigenvalue weighted by Gasteiger charge is 2.33. The molecule has 0 aromatic carbocycles. The number of pyridine rings is 1. The van der Waals surface area contributed by atoms with Crippen LogP contribution in [0.3, 0.4) is 0 Å². The van der Waals surface area contributed by atoms with E-state index in [0.29, 0.717) is 5.41 Å². The molecule has 2 rings (SSSR count). The molecule has 1 atom stereocenters. The van der Waals surface area contributed by atoms with E-state index in [4.69, 9.17) is 0 Å². The van der Waals surface area contributed by atoms with E-state index < -0.39 is 0 Å². The van der Waals surface area contributed by atoms with Crippen LogP contribution in [0.25, 0.3) is 0 Å². The smallest absolute Gasteiger partial charge is 0.128 e. The molecule has 15 heavy (non-hydrogen) atoms. The normalized spacial score (nSPS) is 25.9. The molecule has 3 nitrogen and oxygen atoms in total. The predicted molar refractivity (Wildman–Crippen MR) is 63.1 cm³/mol. The van der Waals surface area contributed by atoms with Crippen LogP contribution in [-0.2, 0) is 0 Å². The van der Waals surface area contributed by atoms with Crippen LogP contribution in [0.15, 0.2) is 24.4 Å². The third-order valence-corrected chi connectivity index (χ3v) is 3.13. The van der Waals surface area contributed by atoms with Gasteiger partial charge in [0, 0.05) is 25.8 Å². The first-order valence-corrected chi connectivity index (χ1v) is 5.54. The van der Waals surface area contributed by atoms with Gasteiger partial charge in [0.15, 0.2) is 0 Å². The maximum Gasteiger partial charge on any atom is 0.128 e. The number of hydrogen-bond donors (Lipinski definition) is 1. The molecule has 3 heteroatoms. The first-order valence-electron chi connectivity index (χ1n) is 5.54. The van der Waals surface area contributed by atoms with Gasteiger partial charge in [-0.25, -0.2) is 4.98 Å². The van der Waals surface area contributed by atoms with E-state index in [-0.39, 0.29) is 0 Å². The standard InChI is InChI=1S/C12H19N3/c1-12(9-13-2)6-8-15(10-12)11-5-3-4-7-14-11/h3-5,7,13H,6,8-10H2,1-2H3. The second-order valence-electron chi connectivity index (χ2n) is 4.70. The zero-order valence-electron chi connectivity index (χ0n) is 9.53. The van der Waals surface area contributed by atoms with Gasteiger partial charge in [-0.2, -0.15) is 0 Å². The predicted octanol–water partition coefficient (Wildman–Crippen LogP) is 1.52. The van der Waals surface area contributed by atoms with Crippen molar-refractivity contribution in [2.45, 2.75) is 13.3 Å². The van der Waals surface area contributed by atoms with Crippen molar-refractivity contribution in [3.8, 4) is 0 Å². The van der Waals surface area contributed by atoms with Gasteiger partial charge >= 0.3 is 0 Å². The number of anilines is 1. The van der Waals surface area contributed by atoms with E-state index in [1.807, 2.05) is 19.3 Å². The van der Waals surface area contributed by atoms with Gasteiger partial charge in [-0.15, -0.1) is 0 Å². The first kappa shape index (κ1) is 10.4. The molecule has 0 saturated carbocycles. The largest absolute Gasteiger partial charge is 0.356 e. The summed E-state index contributed by atoms with van der Waals surface area (Å²) in [6.07, 6.45) is 3.10. The maximum atomic E-state index is 4.39. The van der Waals surface area contributed by atoms with Crippen LogP contribution in [0.5, 0.6) is 0 Å². The SMILES string of the molecule is CNCC1(C)CCN(c2ccccn2)C1. The van der Waals surface area contributed by atoms with Crippen molar-refractivity contribution in [3.05, 3.63) is 24.4 Å². The van der Waals surface area contributed by atoms with Crippen molar-refractivity contribution in [2.75, 3.05) is 31.6 Å². The summed E-state index contributed by atoms with van der Waals surface area (Å²) in [5.41, 5.74) is 0.395. The van der Waals surface area contributed by atoms with E-state index in [9.17, 15) is 0 Å². The molecule has 1 aromatic heterocycles. The fraction of sp³-hybridized carbons (Fsp3) is 0.583. The highest BCUT2D eigenvalue weighted by Crippen LogP contribution is 2.31. The van der Waals surface area contributed by atoms with Gasteiger partial charge in [0.1, 0.15) is 5.82 Å². The molecule has 1 unspecified atom stereocenters. The molecular formula is C12H19N3. The van der Waals surface area contributed by atoms with E-state index in [1.54, 1.807) is 0 Å². The van der Waals surface area contributed by atoms with Gasteiger partial charge in [0.25, 0.3) is 0 Å². The highest BCUT2D eigenvalue weighted by atomic mass is 15.2. The summed E-state index contributed by atoms with van der Waals surface area (Å²) in [7, 11) is 2.02. The van der Waals surface area contributed by atoms with Crippen molar-refractivity contribution in [1.82, 2.24) is 10.3 Å². The Labute approximate surface area is 91.5 Å². The maximum absolute atomic E-state index is 4.39. The minimum Gasteiger partial charge on any atom is -0.356 e. The van der Waals surface area contributed by atoms with Gasteiger partial charge in [-0.3, -0.25) is 0 Å².